The highest BCUT2D eigenvalue weighted by molar-refractivity contribution is 7.44. The van der Waals surface area contributed by atoms with Crippen LogP contribution < -0.4 is 0 Å². The first-order chi connectivity index (χ1) is 10.3. The minimum absolute atomic E-state index is 0.349. The largest absolute Gasteiger partial charge is 0.322 e. The van der Waals surface area contributed by atoms with Crippen LogP contribution in [0.15, 0.2) is 0 Å². The van der Waals surface area contributed by atoms with Gasteiger partial charge in [0.15, 0.2) is 0 Å². The molecule has 4 heteroatoms. The first-order valence-corrected chi connectivity index (χ1v) is 10.3. The molecule has 0 aromatic heterocycles. The molecule has 132 valence electrons. The summed E-state index contributed by atoms with van der Waals surface area (Å²) >= 11 is 0. The second kappa shape index (κ2) is 9.57. The Hall–Kier alpha value is 0.310. The van der Waals surface area contributed by atoms with Gasteiger partial charge < -0.3 is 9.05 Å². The van der Waals surface area contributed by atoms with Crippen molar-refractivity contribution >= 4 is 8.53 Å². The summed E-state index contributed by atoms with van der Waals surface area (Å²) in [7, 11) is -0.963. The van der Waals surface area contributed by atoms with Gasteiger partial charge in [-0.1, -0.05) is 27.2 Å². The van der Waals surface area contributed by atoms with Crippen molar-refractivity contribution in [3.8, 4) is 0 Å². The van der Waals surface area contributed by atoms with Gasteiger partial charge in [0, 0.05) is 12.1 Å². The van der Waals surface area contributed by atoms with E-state index in [9.17, 15) is 0 Å². The average Bonchev–Trinajstić information content (AvgIpc) is 2.37. The molecule has 0 radical (unpaired) electrons. The van der Waals surface area contributed by atoms with Crippen LogP contribution in [0.25, 0.3) is 0 Å². The van der Waals surface area contributed by atoms with Crippen molar-refractivity contribution in [3.05, 3.63) is 0 Å². The van der Waals surface area contributed by atoms with Crippen LogP contribution in [0.5, 0.6) is 0 Å². The standard InChI is InChI=1S/C18H38NO2P/c1-9-20-22(19(14(4)5)15(6)7)21-18-12-16(8)10-11-17(18)13(2)3/h13-18H,9-12H2,1-8H3/t16-,17+,18-,22?/m1/s1. The zero-order valence-electron chi connectivity index (χ0n) is 16.0. The van der Waals surface area contributed by atoms with Crippen molar-refractivity contribution in [2.24, 2.45) is 17.8 Å². The maximum atomic E-state index is 6.63. The van der Waals surface area contributed by atoms with Gasteiger partial charge in [0.2, 0.25) is 0 Å². The number of hydrogen-bond acceptors (Lipinski definition) is 3. The van der Waals surface area contributed by atoms with E-state index in [2.05, 4.69) is 60.1 Å². The van der Waals surface area contributed by atoms with Crippen LogP contribution in [0.1, 0.15) is 74.7 Å². The van der Waals surface area contributed by atoms with E-state index in [4.69, 9.17) is 9.05 Å². The Morgan fingerprint density at radius 3 is 2.09 bits per heavy atom. The molecule has 0 amide bonds. The van der Waals surface area contributed by atoms with E-state index < -0.39 is 8.53 Å². The van der Waals surface area contributed by atoms with E-state index in [1.54, 1.807) is 0 Å². The monoisotopic (exact) mass is 331 g/mol. The number of hydrogen-bond donors (Lipinski definition) is 0. The number of rotatable bonds is 8. The van der Waals surface area contributed by atoms with Crippen molar-refractivity contribution in [1.29, 1.82) is 0 Å². The molecule has 1 aliphatic carbocycles. The zero-order valence-corrected chi connectivity index (χ0v) is 16.9. The lowest BCUT2D eigenvalue weighted by Gasteiger charge is -2.42. The van der Waals surface area contributed by atoms with E-state index in [1.165, 1.54) is 19.3 Å². The lowest BCUT2D eigenvalue weighted by molar-refractivity contribution is 0.0299. The van der Waals surface area contributed by atoms with Crippen molar-refractivity contribution in [2.75, 3.05) is 6.61 Å². The van der Waals surface area contributed by atoms with Crippen molar-refractivity contribution in [2.45, 2.75) is 92.8 Å². The SMILES string of the molecule is CCOP(O[C@@H]1C[C@H](C)CC[C@H]1C(C)C)N(C(C)C)C(C)C. The predicted molar refractivity (Wildman–Crippen MR) is 96.9 cm³/mol. The number of nitrogens with zero attached hydrogens (tertiary/aromatic N) is 1. The zero-order chi connectivity index (χ0) is 16.9. The van der Waals surface area contributed by atoms with E-state index in [1.807, 2.05) is 0 Å². The molecule has 1 fully saturated rings. The molecule has 0 aromatic rings. The van der Waals surface area contributed by atoms with Gasteiger partial charge in [-0.3, -0.25) is 0 Å². The average molecular weight is 331 g/mol. The lowest BCUT2D eigenvalue weighted by Crippen LogP contribution is -2.38. The van der Waals surface area contributed by atoms with Crippen LogP contribution in [0, 0.1) is 17.8 Å². The van der Waals surface area contributed by atoms with Gasteiger partial charge in [-0.2, -0.15) is 0 Å². The van der Waals surface area contributed by atoms with Gasteiger partial charge in [0.25, 0.3) is 8.53 Å². The molecule has 3 nitrogen and oxygen atoms in total. The fourth-order valence-electron chi connectivity index (χ4n) is 3.59. The van der Waals surface area contributed by atoms with Crippen LogP contribution in [0.3, 0.4) is 0 Å². The van der Waals surface area contributed by atoms with Gasteiger partial charge in [-0.05, 0) is 65.2 Å². The molecule has 0 bridgehead atoms. The van der Waals surface area contributed by atoms with Gasteiger partial charge in [-0.25, -0.2) is 4.67 Å². The summed E-state index contributed by atoms with van der Waals surface area (Å²) in [6.45, 7) is 18.8. The Balaban J connectivity index is 2.86. The molecule has 0 heterocycles. The Morgan fingerprint density at radius 2 is 1.64 bits per heavy atom. The lowest BCUT2D eigenvalue weighted by atomic mass is 9.75. The summed E-state index contributed by atoms with van der Waals surface area (Å²) in [5, 5.41) is 0. The highest BCUT2D eigenvalue weighted by Gasteiger charge is 2.36. The Bertz CT molecular complexity index is 301. The Morgan fingerprint density at radius 1 is 1.05 bits per heavy atom. The summed E-state index contributed by atoms with van der Waals surface area (Å²) in [5.74, 6) is 2.12. The second-order valence-corrected chi connectivity index (χ2v) is 9.10. The van der Waals surface area contributed by atoms with Crippen LogP contribution in [0.2, 0.25) is 0 Å². The molecule has 1 rings (SSSR count). The van der Waals surface area contributed by atoms with Gasteiger partial charge >= 0.3 is 0 Å². The summed E-state index contributed by atoms with van der Waals surface area (Å²) in [5.41, 5.74) is 0. The highest BCUT2D eigenvalue weighted by Crippen LogP contribution is 2.50. The molecule has 0 saturated heterocycles. The van der Waals surface area contributed by atoms with Crippen LogP contribution in [-0.4, -0.2) is 29.5 Å². The van der Waals surface area contributed by atoms with Crippen molar-refractivity contribution in [1.82, 2.24) is 4.67 Å². The summed E-state index contributed by atoms with van der Waals surface area (Å²) in [6.07, 6.45) is 4.16. The third-order valence-electron chi connectivity index (χ3n) is 4.67. The Kier molecular flexibility index (Phi) is 8.85. The minimum atomic E-state index is -0.963. The molecule has 1 unspecified atom stereocenters. The smallest absolute Gasteiger partial charge is 0.259 e. The fraction of sp³-hybridized carbons (Fsp3) is 1.00. The van der Waals surface area contributed by atoms with Crippen LogP contribution in [-0.2, 0) is 9.05 Å². The first-order valence-electron chi connectivity index (χ1n) is 9.15. The van der Waals surface area contributed by atoms with E-state index >= 15 is 0 Å². The normalized spacial score (nSPS) is 28.1. The minimum Gasteiger partial charge on any atom is -0.322 e. The maximum absolute atomic E-state index is 6.63. The first kappa shape index (κ1) is 20.4. The third-order valence-corrected chi connectivity index (χ3v) is 6.90. The molecular weight excluding hydrogens is 293 g/mol. The molecule has 0 aromatic carbocycles. The molecule has 0 spiro atoms. The predicted octanol–water partition coefficient (Wildman–Crippen LogP) is 5.85. The third kappa shape index (κ3) is 5.74. The quantitative estimate of drug-likeness (QED) is 0.521. The van der Waals surface area contributed by atoms with Gasteiger partial charge in [-0.15, -0.1) is 0 Å². The molecule has 1 saturated carbocycles. The Labute approximate surface area is 140 Å². The van der Waals surface area contributed by atoms with Crippen LogP contribution >= 0.6 is 8.53 Å². The molecule has 4 atom stereocenters. The van der Waals surface area contributed by atoms with E-state index in [0.717, 1.165) is 12.5 Å². The van der Waals surface area contributed by atoms with Gasteiger partial charge in [0.05, 0.1) is 12.7 Å². The fourth-order valence-corrected chi connectivity index (χ4v) is 5.34. The summed E-state index contributed by atoms with van der Waals surface area (Å²) in [6, 6.07) is 0.882. The van der Waals surface area contributed by atoms with E-state index in [-0.39, 0.29) is 0 Å². The van der Waals surface area contributed by atoms with Gasteiger partial charge in [0.1, 0.15) is 0 Å². The maximum Gasteiger partial charge on any atom is 0.259 e. The van der Waals surface area contributed by atoms with Crippen LogP contribution in [0.4, 0.5) is 0 Å². The van der Waals surface area contributed by atoms with E-state index in [0.29, 0.717) is 30.0 Å². The molecule has 0 N–H and O–H groups in total. The van der Waals surface area contributed by atoms with Crippen molar-refractivity contribution < 1.29 is 9.05 Å². The van der Waals surface area contributed by atoms with Crippen molar-refractivity contribution in [3.63, 3.8) is 0 Å². The molecule has 1 aliphatic rings. The topological polar surface area (TPSA) is 21.7 Å². The highest BCUT2D eigenvalue weighted by atomic mass is 31.2. The summed E-state index contributed by atoms with van der Waals surface area (Å²) in [4.78, 5) is 0. The summed E-state index contributed by atoms with van der Waals surface area (Å²) < 4.78 is 15.1. The molecule has 22 heavy (non-hydrogen) atoms. The molecular formula is C18H38NO2P. The molecule has 0 aliphatic heterocycles. The second-order valence-electron chi connectivity index (χ2n) is 7.69.